The van der Waals surface area contributed by atoms with Crippen molar-refractivity contribution in [3.63, 3.8) is 0 Å². The van der Waals surface area contributed by atoms with E-state index in [1.165, 1.54) is 12.1 Å². The standard InChI is InChI=1S/C17H22N2O3S/c1-2-22-17-6-4-3-5-15(17)13-19-12-11-14-7-9-16(10-8-14)23(18,20)21/h3-10,19H,2,11-13H2,1H3,(H2,18,20,21). The molecule has 23 heavy (non-hydrogen) atoms. The van der Waals surface area contributed by atoms with Gasteiger partial charge in [0.2, 0.25) is 10.0 Å². The van der Waals surface area contributed by atoms with Gasteiger partial charge in [0.1, 0.15) is 5.75 Å². The normalized spacial score (nSPS) is 11.4. The predicted molar refractivity (Wildman–Crippen MR) is 90.8 cm³/mol. The predicted octanol–water partition coefficient (Wildman–Crippen LogP) is 2.06. The molecule has 0 aromatic heterocycles. The molecule has 2 aromatic carbocycles. The maximum Gasteiger partial charge on any atom is 0.238 e. The number of hydrogen-bond donors (Lipinski definition) is 2. The molecule has 2 aromatic rings. The minimum absolute atomic E-state index is 0.139. The molecule has 0 aliphatic heterocycles. The Bertz CT molecular complexity index is 728. The fourth-order valence-corrected chi connectivity index (χ4v) is 2.76. The van der Waals surface area contributed by atoms with E-state index in [-0.39, 0.29) is 4.90 Å². The fraction of sp³-hybridized carbons (Fsp3) is 0.294. The molecule has 0 unspecified atom stereocenters. The molecule has 6 heteroatoms. The Morgan fingerprint density at radius 3 is 2.43 bits per heavy atom. The Kier molecular flexibility index (Phi) is 6.15. The molecule has 0 bridgehead atoms. The smallest absolute Gasteiger partial charge is 0.238 e. The van der Waals surface area contributed by atoms with E-state index in [9.17, 15) is 8.42 Å². The second kappa shape index (κ2) is 8.10. The molecule has 124 valence electrons. The zero-order valence-electron chi connectivity index (χ0n) is 13.2. The summed E-state index contributed by atoms with van der Waals surface area (Å²) in [6.07, 6.45) is 0.807. The summed E-state index contributed by atoms with van der Waals surface area (Å²) in [6.45, 7) is 4.13. The van der Waals surface area contributed by atoms with Gasteiger partial charge in [0.25, 0.3) is 0 Å². The van der Waals surface area contributed by atoms with E-state index < -0.39 is 10.0 Å². The summed E-state index contributed by atoms with van der Waals surface area (Å²) < 4.78 is 28.0. The van der Waals surface area contributed by atoms with Gasteiger partial charge >= 0.3 is 0 Å². The average molecular weight is 334 g/mol. The molecule has 3 N–H and O–H groups in total. The van der Waals surface area contributed by atoms with Crippen LogP contribution in [-0.2, 0) is 23.0 Å². The van der Waals surface area contributed by atoms with E-state index in [1.807, 2.05) is 31.2 Å². The highest BCUT2D eigenvalue weighted by atomic mass is 32.2. The van der Waals surface area contributed by atoms with Crippen LogP contribution in [0.5, 0.6) is 5.75 Å². The second-order valence-electron chi connectivity index (χ2n) is 5.16. The molecule has 5 nitrogen and oxygen atoms in total. The molecule has 0 saturated carbocycles. The van der Waals surface area contributed by atoms with Crippen LogP contribution in [0.4, 0.5) is 0 Å². The lowest BCUT2D eigenvalue weighted by Crippen LogP contribution is -2.17. The summed E-state index contributed by atoms with van der Waals surface area (Å²) in [5, 5.41) is 8.45. The number of nitrogens with two attached hydrogens (primary N) is 1. The maximum absolute atomic E-state index is 11.2. The van der Waals surface area contributed by atoms with Gasteiger partial charge in [-0.2, -0.15) is 0 Å². The minimum atomic E-state index is -3.62. The van der Waals surface area contributed by atoms with Gasteiger partial charge in [-0.05, 0) is 43.7 Å². The van der Waals surface area contributed by atoms with E-state index in [1.54, 1.807) is 12.1 Å². The molecular weight excluding hydrogens is 312 g/mol. The van der Waals surface area contributed by atoms with E-state index in [0.29, 0.717) is 6.61 Å². The first-order valence-corrected chi connectivity index (χ1v) is 9.08. The first-order chi connectivity index (χ1) is 11.0. The molecule has 0 aliphatic rings. The lowest BCUT2D eigenvalue weighted by molar-refractivity contribution is 0.335. The molecule has 0 amide bonds. The third kappa shape index (κ3) is 5.35. The van der Waals surface area contributed by atoms with Crippen LogP contribution in [0.2, 0.25) is 0 Å². The van der Waals surface area contributed by atoms with Gasteiger partial charge in [-0.15, -0.1) is 0 Å². The van der Waals surface area contributed by atoms with Gasteiger partial charge in [-0.25, -0.2) is 13.6 Å². The molecular formula is C17H22N2O3S. The number of nitrogens with one attached hydrogen (secondary N) is 1. The van der Waals surface area contributed by atoms with Gasteiger partial charge in [-0.3, -0.25) is 0 Å². The SMILES string of the molecule is CCOc1ccccc1CNCCc1ccc(S(N)(=O)=O)cc1. The molecule has 2 rings (SSSR count). The van der Waals surface area contributed by atoms with Crippen molar-refractivity contribution in [2.75, 3.05) is 13.2 Å². The number of sulfonamides is 1. The maximum atomic E-state index is 11.2. The second-order valence-corrected chi connectivity index (χ2v) is 6.72. The summed E-state index contributed by atoms with van der Waals surface area (Å²) in [5.74, 6) is 0.903. The van der Waals surface area contributed by atoms with Crippen LogP contribution in [0, 0.1) is 0 Å². The van der Waals surface area contributed by atoms with Crippen LogP contribution < -0.4 is 15.2 Å². The Morgan fingerprint density at radius 1 is 1.09 bits per heavy atom. The number of primary sulfonamides is 1. The van der Waals surface area contributed by atoms with Crippen molar-refractivity contribution in [2.24, 2.45) is 5.14 Å². The van der Waals surface area contributed by atoms with Gasteiger partial charge in [0, 0.05) is 12.1 Å². The summed E-state index contributed by atoms with van der Waals surface area (Å²) in [7, 11) is -3.62. The van der Waals surface area contributed by atoms with Crippen molar-refractivity contribution in [3.8, 4) is 5.75 Å². The van der Waals surface area contributed by atoms with Crippen molar-refractivity contribution < 1.29 is 13.2 Å². The quantitative estimate of drug-likeness (QED) is 0.724. The summed E-state index contributed by atoms with van der Waals surface area (Å²) in [4.78, 5) is 0.139. The highest BCUT2D eigenvalue weighted by Crippen LogP contribution is 2.17. The van der Waals surface area contributed by atoms with Crippen molar-refractivity contribution in [2.45, 2.75) is 24.8 Å². The zero-order valence-corrected chi connectivity index (χ0v) is 14.0. The van der Waals surface area contributed by atoms with Gasteiger partial charge in [-0.1, -0.05) is 30.3 Å². The molecule has 0 fully saturated rings. The monoisotopic (exact) mass is 334 g/mol. The van der Waals surface area contributed by atoms with E-state index in [4.69, 9.17) is 9.88 Å². The number of rotatable bonds is 8. The fourth-order valence-electron chi connectivity index (χ4n) is 2.25. The van der Waals surface area contributed by atoms with Crippen molar-refractivity contribution in [1.29, 1.82) is 0 Å². The molecule has 0 atom stereocenters. The minimum Gasteiger partial charge on any atom is -0.494 e. The van der Waals surface area contributed by atoms with Crippen molar-refractivity contribution in [1.82, 2.24) is 5.32 Å². The molecule has 0 spiro atoms. The summed E-state index contributed by atoms with van der Waals surface area (Å²) >= 11 is 0. The third-order valence-corrected chi connectivity index (χ3v) is 4.36. The first kappa shape index (κ1) is 17.5. The first-order valence-electron chi connectivity index (χ1n) is 7.54. The van der Waals surface area contributed by atoms with Gasteiger partial charge in [0.05, 0.1) is 11.5 Å². The van der Waals surface area contributed by atoms with Crippen molar-refractivity contribution >= 4 is 10.0 Å². The highest BCUT2D eigenvalue weighted by molar-refractivity contribution is 7.89. The lowest BCUT2D eigenvalue weighted by Gasteiger charge is -2.11. The topological polar surface area (TPSA) is 81.4 Å². The van der Waals surface area contributed by atoms with Crippen LogP contribution in [0.1, 0.15) is 18.1 Å². The van der Waals surface area contributed by atoms with Gasteiger partial charge < -0.3 is 10.1 Å². The number of para-hydroxylation sites is 1. The van der Waals surface area contributed by atoms with E-state index in [0.717, 1.165) is 36.4 Å². The zero-order chi connectivity index (χ0) is 16.7. The Balaban J connectivity index is 1.84. The Morgan fingerprint density at radius 2 is 1.78 bits per heavy atom. The van der Waals surface area contributed by atoms with Crippen LogP contribution in [0.3, 0.4) is 0 Å². The number of benzene rings is 2. The average Bonchev–Trinajstić information content (AvgIpc) is 2.53. The van der Waals surface area contributed by atoms with Crippen LogP contribution in [0.15, 0.2) is 53.4 Å². The van der Waals surface area contributed by atoms with Crippen LogP contribution >= 0.6 is 0 Å². The number of ether oxygens (including phenoxy) is 1. The number of hydrogen-bond acceptors (Lipinski definition) is 4. The van der Waals surface area contributed by atoms with Crippen LogP contribution in [0.25, 0.3) is 0 Å². The molecule has 0 heterocycles. The summed E-state index contributed by atoms with van der Waals surface area (Å²) in [6, 6.07) is 14.6. The van der Waals surface area contributed by atoms with Gasteiger partial charge in [0.15, 0.2) is 0 Å². The molecule has 0 aliphatic carbocycles. The highest BCUT2D eigenvalue weighted by Gasteiger charge is 2.06. The Labute approximate surface area is 137 Å². The third-order valence-electron chi connectivity index (χ3n) is 3.43. The van der Waals surface area contributed by atoms with E-state index >= 15 is 0 Å². The Hall–Kier alpha value is -1.89. The largest absolute Gasteiger partial charge is 0.494 e. The van der Waals surface area contributed by atoms with E-state index in [2.05, 4.69) is 5.32 Å². The summed E-state index contributed by atoms with van der Waals surface area (Å²) in [5.41, 5.74) is 2.18. The van der Waals surface area contributed by atoms with Crippen LogP contribution in [-0.4, -0.2) is 21.6 Å². The molecule has 0 radical (unpaired) electrons. The lowest BCUT2D eigenvalue weighted by atomic mass is 10.1. The molecule has 0 saturated heterocycles. The van der Waals surface area contributed by atoms with Crippen molar-refractivity contribution in [3.05, 3.63) is 59.7 Å².